The molecule has 0 aliphatic heterocycles. The van der Waals surface area contributed by atoms with Gasteiger partial charge in [0.2, 0.25) is 11.9 Å². The van der Waals surface area contributed by atoms with Gasteiger partial charge in [0.15, 0.2) is 0 Å². The van der Waals surface area contributed by atoms with Crippen LogP contribution in [0.1, 0.15) is 51.4 Å². The van der Waals surface area contributed by atoms with Crippen molar-refractivity contribution >= 4 is 11.9 Å². The molecule has 2 fully saturated rings. The van der Waals surface area contributed by atoms with E-state index in [1.54, 1.807) is 0 Å². The van der Waals surface area contributed by atoms with E-state index in [1.807, 2.05) is 0 Å². The maximum Gasteiger partial charge on any atom is 0.230 e. The molecule has 0 unspecified atom stereocenters. The van der Waals surface area contributed by atoms with Gasteiger partial charge in [-0.1, -0.05) is 0 Å². The molecule has 3 rings (SSSR count). The van der Waals surface area contributed by atoms with Gasteiger partial charge >= 0.3 is 0 Å². The molecular formula is C15H27N7. The monoisotopic (exact) mass is 305 g/mol. The fraction of sp³-hybridized carbons (Fsp3) is 0.800. The lowest BCUT2D eigenvalue weighted by Gasteiger charge is -2.43. The molecule has 0 amide bonds. The highest BCUT2D eigenvalue weighted by molar-refractivity contribution is 5.37. The molecule has 0 radical (unpaired) electrons. The van der Waals surface area contributed by atoms with E-state index in [1.165, 1.54) is 6.33 Å². The Balaban J connectivity index is 1.81. The molecule has 0 atom stereocenters. The van der Waals surface area contributed by atoms with E-state index in [0.29, 0.717) is 30.1 Å². The summed E-state index contributed by atoms with van der Waals surface area (Å²) in [7, 11) is 0. The van der Waals surface area contributed by atoms with Crippen molar-refractivity contribution in [1.29, 1.82) is 0 Å². The molecule has 22 heavy (non-hydrogen) atoms. The molecule has 1 aromatic heterocycles. The van der Waals surface area contributed by atoms with Crippen LogP contribution in [0.3, 0.4) is 0 Å². The summed E-state index contributed by atoms with van der Waals surface area (Å²) in [5.41, 5.74) is 17.9. The first-order chi connectivity index (χ1) is 10.6. The van der Waals surface area contributed by atoms with Gasteiger partial charge in [0.1, 0.15) is 6.33 Å². The Labute approximate surface area is 131 Å². The number of hydrogen-bond donors (Lipinski definition) is 3. The molecular weight excluding hydrogens is 278 g/mol. The molecule has 2 aliphatic rings. The second-order valence-electron chi connectivity index (χ2n) is 6.69. The van der Waals surface area contributed by atoms with Crippen molar-refractivity contribution < 1.29 is 0 Å². The van der Waals surface area contributed by atoms with E-state index in [4.69, 9.17) is 17.2 Å². The first kappa shape index (κ1) is 15.4. The zero-order valence-corrected chi connectivity index (χ0v) is 13.1. The van der Waals surface area contributed by atoms with E-state index >= 15 is 0 Å². The van der Waals surface area contributed by atoms with Gasteiger partial charge < -0.3 is 22.1 Å². The Morgan fingerprint density at radius 1 is 0.818 bits per heavy atom. The highest BCUT2D eigenvalue weighted by atomic mass is 15.3. The molecule has 2 saturated carbocycles. The summed E-state index contributed by atoms with van der Waals surface area (Å²) >= 11 is 0. The van der Waals surface area contributed by atoms with Gasteiger partial charge in [-0.3, -0.25) is 0 Å². The van der Waals surface area contributed by atoms with Crippen molar-refractivity contribution in [2.75, 3.05) is 10.6 Å². The number of aromatic nitrogens is 3. The van der Waals surface area contributed by atoms with Crippen LogP contribution in [0.5, 0.6) is 0 Å². The molecule has 0 spiro atoms. The molecule has 7 heteroatoms. The van der Waals surface area contributed by atoms with Crippen LogP contribution in [0, 0.1) is 0 Å². The zero-order valence-electron chi connectivity index (χ0n) is 13.1. The van der Waals surface area contributed by atoms with Crippen molar-refractivity contribution in [1.82, 2.24) is 15.0 Å². The number of nitrogens with two attached hydrogens (primary N) is 3. The molecule has 0 saturated heterocycles. The smallest absolute Gasteiger partial charge is 0.230 e. The Bertz CT molecular complexity index is 457. The van der Waals surface area contributed by atoms with Gasteiger partial charge in [0.05, 0.1) is 0 Å². The SMILES string of the molecule is Nc1ncnc(N(C2CCC(N)CC2)C2CCC(N)CC2)n1. The van der Waals surface area contributed by atoms with Gasteiger partial charge in [-0.25, -0.2) is 9.97 Å². The number of anilines is 2. The molecule has 1 heterocycles. The fourth-order valence-electron chi connectivity index (χ4n) is 3.81. The van der Waals surface area contributed by atoms with Crippen LogP contribution in [0.15, 0.2) is 6.33 Å². The predicted octanol–water partition coefficient (Wildman–Crippen LogP) is 0.800. The van der Waals surface area contributed by atoms with E-state index in [9.17, 15) is 0 Å². The third-order valence-corrected chi connectivity index (χ3v) is 5.08. The second-order valence-corrected chi connectivity index (χ2v) is 6.69. The van der Waals surface area contributed by atoms with Crippen molar-refractivity contribution in [2.24, 2.45) is 11.5 Å². The maximum absolute atomic E-state index is 6.06. The van der Waals surface area contributed by atoms with Crippen molar-refractivity contribution in [3.8, 4) is 0 Å². The standard InChI is InChI=1S/C15H27N7/c16-10-1-5-12(6-2-10)22(13-7-3-11(17)4-8-13)15-20-9-19-14(18)21-15/h9-13H,1-8,16-17H2,(H2,18,19,20,21). The van der Waals surface area contributed by atoms with Crippen LogP contribution >= 0.6 is 0 Å². The van der Waals surface area contributed by atoms with Gasteiger partial charge in [-0.15, -0.1) is 0 Å². The number of nitrogen functional groups attached to an aromatic ring is 1. The molecule has 1 aromatic rings. The lowest BCUT2D eigenvalue weighted by molar-refractivity contribution is 0.307. The second kappa shape index (κ2) is 6.75. The number of nitrogens with zero attached hydrogens (tertiary/aromatic N) is 4. The third kappa shape index (κ3) is 3.47. The highest BCUT2D eigenvalue weighted by Gasteiger charge is 2.33. The minimum absolute atomic E-state index is 0.287. The Morgan fingerprint density at radius 3 is 1.77 bits per heavy atom. The Kier molecular flexibility index (Phi) is 4.73. The summed E-state index contributed by atoms with van der Waals surface area (Å²) in [6, 6.07) is 1.56. The summed E-state index contributed by atoms with van der Waals surface area (Å²) in [5, 5.41) is 0. The lowest BCUT2D eigenvalue weighted by atomic mass is 9.86. The lowest BCUT2D eigenvalue weighted by Crippen LogP contribution is -2.49. The van der Waals surface area contributed by atoms with E-state index < -0.39 is 0 Å². The normalized spacial score (nSPS) is 32.6. The van der Waals surface area contributed by atoms with Gasteiger partial charge in [0.25, 0.3) is 0 Å². The minimum atomic E-state index is 0.287. The van der Waals surface area contributed by atoms with Crippen LogP contribution in [-0.4, -0.2) is 39.1 Å². The third-order valence-electron chi connectivity index (χ3n) is 5.08. The quantitative estimate of drug-likeness (QED) is 0.755. The molecule has 2 aliphatic carbocycles. The zero-order chi connectivity index (χ0) is 15.5. The highest BCUT2D eigenvalue weighted by Crippen LogP contribution is 2.32. The summed E-state index contributed by atoms with van der Waals surface area (Å²) < 4.78 is 0. The Hall–Kier alpha value is -1.47. The number of hydrogen-bond acceptors (Lipinski definition) is 7. The molecule has 122 valence electrons. The van der Waals surface area contributed by atoms with Crippen LogP contribution < -0.4 is 22.1 Å². The molecule has 6 N–H and O–H groups in total. The van der Waals surface area contributed by atoms with Crippen LogP contribution in [0.4, 0.5) is 11.9 Å². The van der Waals surface area contributed by atoms with E-state index in [-0.39, 0.29) is 5.95 Å². The summed E-state index contributed by atoms with van der Waals surface area (Å²) in [5.74, 6) is 1.00. The first-order valence-electron chi connectivity index (χ1n) is 8.37. The average Bonchev–Trinajstić information content (AvgIpc) is 2.51. The first-order valence-corrected chi connectivity index (χ1v) is 8.37. The molecule has 0 aromatic carbocycles. The fourth-order valence-corrected chi connectivity index (χ4v) is 3.81. The van der Waals surface area contributed by atoms with Crippen LogP contribution in [-0.2, 0) is 0 Å². The van der Waals surface area contributed by atoms with Crippen LogP contribution in [0.25, 0.3) is 0 Å². The molecule has 7 nitrogen and oxygen atoms in total. The van der Waals surface area contributed by atoms with Crippen molar-refractivity contribution in [3.63, 3.8) is 0 Å². The largest absolute Gasteiger partial charge is 0.368 e. The summed E-state index contributed by atoms with van der Waals surface area (Å²) in [4.78, 5) is 15.1. The topological polar surface area (TPSA) is 120 Å². The van der Waals surface area contributed by atoms with E-state index in [2.05, 4.69) is 19.9 Å². The number of rotatable bonds is 3. The van der Waals surface area contributed by atoms with Crippen LogP contribution in [0.2, 0.25) is 0 Å². The van der Waals surface area contributed by atoms with Crippen molar-refractivity contribution in [2.45, 2.75) is 75.5 Å². The van der Waals surface area contributed by atoms with Gasteiger partial charge in [0, 0.05) is 24.2 Å². The Morgan fingerprint density at radius 2 is 1.32 bits per heavy atom. The molecule has 0 bridgehead atoms. The van der Waals surface area contributed by atoms with Crippen molar-refractivity contribution in [3.05, 3.63) is 6.33 Å². The summed E-state index contributed by atoms with van der Waals surface area (Å²) in [6.45, 7) is 0. The van der Waals surface area contributed by atoms with Gasteiger partial charge in [-0.2, -0.15) is 4.98 Å². The van der Waals surface area contributed by atoms with Gasteiger partial charge in [-0.05, 0) is 51.4 Å². The maximum atomic E-state index is 6.06. The average molecular weight is 305 g/mol. The van der Waals surface area contributed by atoms with E-state index in [0.717, 1.165) is 51.4 Å². The predicted molar refractivity (Wildman–Crippen MR) is 87.2 cm³/mol. The minimum Gasteiger partial charge on any atom is -0.368 e. The summed E-state index contributed by atoms with van der Waals surface area (Å²) in [6.07, 6.45) is 10.1.